The van der Waals surface area contributed by atoms with Crippen LogP contribution >= 0.6 is 0 Å². The molecule has 0 aliphatic carbocycles. The molecule has 2 aliphatic heterocycles. The van der Waals surface area contributed by atoms with Crippen LogP contribution in [0.5, 0.6) is 5.75 Å². The van der Waals surface area contributed by atoms with E-state index in [9.17, 15) is 0 Å². The summed E-state index contributed by atoms with van der Waals surface area (Å²) in [6.07, 6.45) is 2.21. The quantitative estimate of drug-likeness (QED) is 0.799. The highest BCUT2D eigenvalue weighted by Gasteiger charge is 2.28. The highest BCUT2D eigenvalue weighted by Crippen LogP contribution is 2.34. The zero-order valence-corrected chi connectivity index (χ0v) is 10.5. The number of para-hydroxylation sites is 1. The Hall–Kier alpha value is -1.53. The summed E-state index contributed by atoms with van der Waals surface area (Å²) in [5.74, 6) is 1.73. The summed E-state index contributed by atoms with van der Waals surface area (Å²) in [5.41, 5.74) is 1.33. The summed E-state index contributed by atoms with van der Waals surface area (Å²) in [6.45, 7) is 3.86. The summed E-state index contributed by atoms with van der Waals surface area (Å²) >= 11 is 0. The van der Waals surface area contributed by atoms with E-state index in [1.807, 2.05) is 12.1 Å². The zero-order chi connectivity index (χ0) is 12.4. The van der Waals surface area contributed by atoms with Gasteiger partial charge in [0.2, 0.25) is 0 Å². The first kappa shape index (κ1) is 11.6. The molecule has 0 saturated carbocycles. The molecule has 0 aromatic heterocycles. The van der Waals surface area contributed by atoms with Crippen LogP contribution in [0.1, 0.15) is 24.3 Å². The third kappa shape index (κ3) is 2.21. The normalized spacial score (nSPS) is 27.3. The molecule has 0 radical (unpaired) electrons. The largest absolute Gasteiger partial charge is 0.493 e. The molecule has 0 N–H and O–H groups in total. The molecule has 18 heavy (non-hydrogen) atoms. The van der Waals surface area contributed by atoms with Gasteiger partial charge in [-0.15, -0.1) is 0 Å². The fraction of sp³-hybridized carbons (Fsp3) is 0.533. The number of benzene rings is 1. The molecular weight excluding hydrogens is 224 g/mol. The summed E-state index contributed by atoms with van der Waals surface area (Å²) in [5, 5.41) is 9.03. The Kier molecular flexibility index (Phi) is 3.21. The van der Waals surface area contributed by atoms with Crippen LogP contribution in [0.15, 0.2) is 24.3 Å². The average molecular weight is 242 g/mol. The summed E-state index contributed by atoms with van der Waals surface area (Å²) in [7, 11) is 0. The van der Waals surface area contributed by atoms with Crippen molar-refractivity contribution in [3.05, 3.63) is 29.8 Å². The Morgan fingerprint density at radius 3 is 3.17 bits per heavy atom. The van der Waals surface area contributed by atoms with E-state index in [1.165, 1.54) is 5.56 Å². The number of nitrogens with zero attached hydrogens (tertiary/aromatic N) is 2. The van der Waals surface area contributed by atoms with E-state index in [1.54, 1.807) is 0 Å². The second kappa shape index (κ2) is 4.99. The Balaban J connectivity index is 1.66. The smallest absolute Gasteiger partial charge is 0.122 e. The van der Waals surface area contributed by atoms with Crippen molar-refractivity contribution in [2.75, 3.05) is 26.2 Å². The topological polar surface area (TPSA) is 36.3 Å². The molecular formula is C15H18N2O. The third-order valence-corrected chi connectivity index (χ3v) is 3.97. The van der Waals surface area contributed by atoms with Gasteiger partial charge >= 0.3 is 0 Å². The van der Waals surface area contributed by atoms with E-state index in [0.717, 1.165) is 44.8 Å². The van der Waals surface area contributed by atoms with Crippen molar-refractivity contribution in [3.8, 4) is 11.8 Å². The lowest BCUT2D eigenvalue weighted by Crippen LogP contribution is -2.37. The first-order chi connectivity index (χ1) is 8.86. The van der Waals surface area contributed by atoms with Crippen LogP contribution in [0.25, 0.3) is 0 Å². The van der Waals surface area contributed by atoms with Crippen LogP contribution < -0.4 is 4.74 Å². The fourth-order valence-corrected chi connectivity index (χ4v) is 3.02. The second-order valence-corrected chi connectivity index (χ2v) is 5.27. The second-order valence-electron chi connectivity index (χ2n) is 5.27. The minimum Gasteiger partial charge on any atom is -0.493 e. The van der Waals surface area contributed by atoms with E-state index in [0.29, 0.717) is 5.92 Å². The number of hydrogen-bond donors (Lipinski definition) is 0. The molecule has 1 aromatic carbocycles. The minimum atomic E-state index is 0.219. The third-order valence-electron chi connectivity index (χ3n) is 3.97. The molecule has 94 valence electrons. The van der Waals surface area contributed by atoms with Crippen molar-refractivity contribution in [3.63, 3.8) is 0 Å². The van der Waals surface area contributed by atoms with Gasteiger partial charge in [-0.25, -0.2) is 0 Å². The molecule has 2 aliphatic rings. The van der Waals surface area contributed by atoms with Crippen molar-refractivity contribution >= 4 is 0 Å². The number of fused-ring (bicyclic) bond motifs is 1. The molecule has 1 aromatic rings. The number of piperidine rings is 1. The molecule has 2 heterocycles. The van der Waals surface area contributed by atoms with Gasteiger partial charge in [0.1, 0.15) is 5.75 Å². The lowest BCUT2D eigenvalue weighted by molar-refractivity contribution is 0.179. The van der Waals surface area contributed by atoms with Crippen molar-refractivity contribution < 1.29 is 4.74 Å². The number of rotatable bonds is 2. The van der Waals surface area contributed by atoms with Crippen molar-refractivity contribution in [1.82, 2.24) is 4.90 Å². The molecule has 1 saturated heterocycles. The van der Waals surface area contributed by atoms with Gasteiger partial charge in [0, 0.05) is 24.6 Å². The summed E-state index contributed by atoms with van der Waals surface area (Å²) < 4.78 is 5.71. The van der Waals surface area contributed by atoms with Gasteiger partial charge in [-0.1, -0.05) is 18.2 Å². The van der Waals surface area contributed by atoms with Crippen molar-refractivity contribution in [2.24, 2.45) is 5.92 Å². The van der Waals surface area contributed by atoms with Crippen LogP contribution in [0.4, 0.5) is 0 Å². The summed E-state index contributed by atoms with van der Waals surface area (Å²) in [6, 6.07) is 10.7. The van der Waals surface area contributed by atoms with Gasteiger partial charge in [0.15, 0.2) is 0 Å². The van der Waals surface area contributed by atoms with Gasteiger partial charge in [0.25, 0.3) is 0 Å². The van der Waals surface area contributed by atoms with Gasteiger partial charge in [-0.3, -0.25) is 0 Å². The fourth-order valence-electron chi connectivity index (χ4n) is 3.02. The van der Waals surface area contributed by atoms with E-state index in [4.69, 9.17) is 10.00 Å². The standard InChI is InChI=1S/C15H18N2O/c16-8-12-4-3-7-17(9-12)10-13-11-18-15-6-2-1-5-14(13)15/h1-2,5-6,12-13H,3-4,7,9-11H2. The molecule has 0 bridgehead atoms. The van der Waals surface area contributed by atoms with Gasteiger partial charge in [-0.05, 0) is 25.5 Å². The molecule has 3 nitrogen and oxygen atoms in total. The number of ether oxygens (including phenoxy) is 1. The predicted octanol–water partition coefficient (Wildman–Crippen LogP) is 2.40. The van der Waals surface area contributed by atoms with E-state index >= 15 is 0 Å². The van der Waals surface area contributed by atoms with Gasteiger partial charge in [0.05, 0.1) is 18.6 Å². The van der Waals surface area contributed by atoms with Crippen LogP contribution in [-0.4, -0.2) is 31.1 Å². The molecule has 1 fully saturated rings. The number of hydrogen-bond acceptors (Lipinski definition) is 3. The maximum Gasteiger partial charge on any atom is 0.122 e. The van der Waals surface area contributed by atoms with Gasteiger partial charge < -0.3 is 9.64 Å². The Bertz CT molecular complexity index is 466. The molecule has 2 atom stereocenters. The predicted molar refractivity (Wildman–Crippen MR) is 69.5 cm³/mol. The Morgan fingerprint density at radius 2 is 2.28 bits per heavy atom. The SMILES string of the molecule is N#CC1CCCN(CC2COc3ccccc32)C1. The Labute approximate surface area is 108 Å². The first-order valence-electron chi connectivity index (χ1n) is 6.70. The van der Waals surface area contributed by atoms with Crippen LogP contribution in [0.3, 0.4) is 0 Å². The summed E-state index contributed by atoms with van der Waals surface area (Å²) in [4.78, 5) is 2.42. The molecule has 0 spiro atoms. The lowest BCUT2D eigenvalue weighted by atomic mass is 9.96. The van der Waals surface area contributed by atoms with Crippen molar-refractivity contribution in [2.45, 2.75) is 18.8 Å². The van der Waals surface area contributed by atoms with Gasteiger partial charge in [-0.2, -0.15) is 5.26 Å². The maximum absolute atomic E-state index is 9.03. The number of likely N-dealkylation sites (tertiary alicyclic amines) is 1. The first-order valence-corrected chi connectivity index (χ1v) is 6.70. The van der Waals surface area contributed by atoms with E-state index in [-0.39, 0.29) is 5.92 Å². The monoisotopic (exact) mass is 242 g/mol. The average Bonchev–Trinajstić information content (AvgIpc) is 2.83. The maximum atomic E-state index is 9.03. The van der Waals surface area contributed by atoms with Crippen molar-refractivity contribution in [1.29, 1.82) is 5.26 Å². The van der Waals surface area contributed by atoms with Crippen LogP contribution in [-0.2, 0) is 0 Å². The van der Waals surface area contributed by atoms with Crippen LogP contribution in [0, 0.1) is 17.2 Å². The number of nitriles is 1. The highest BCUT2D eigenvalue weighted by atomic mass is 16.5. The molecule has 3 rings (SSSR count). The van der Waals surface area contributed by atoms with Crippen LogP contribution in [0.2, 0.25) is 0 Å². The highest BCUT2D eigenvalue weighted by molar-refractivity contribution is 5.39. The van der Waals surface area contributed by atoms with E-state index in [2.05, 4.69) is 23.1 Å². The molecule has 0 amide bonds. The molecule has 3 heteroatoms. The Morgan fingerprint density at radius 1 is 1.39 bits per heavy atom. The van der Waals surface area contributed by atoms with E-state index < -0.39 is 0 Å². The molecule has 2 unspecified atom stereocenters. The zero-order valence-electron chi connectivity index (χ0n) is 10.5. The minimum absolute atomic E-state index is 0.219. The lowest BCUT2D eigenvalue weighted by Gasteiger charge is -2.31.